The second-order valence-corrected chi connectivity index (χ2v) is 6.32. The van der Waals surface area contributed by atoms with Crippen LogP contribution in [-0.2, 0) is 11.2 Å². The maximum absolute atomic E-state index is 10.6. The molecule has 94 valence electrons. The van der Waals surface area contributed by atoms with Crippen LogP contribution in [0.4, 0.5) is 0 Å². The Labute approximate surface area is 110 Å². The SMILES string of the molecule is CC1(C)CC(O)(Cc2ccc(Br)cn2)CCO1. The molecule has 1 fully saturated rings. The molecular weight excluding hydrogens is 282 g/mol. The van der Waals surface area contributed by atoms with Crippen molar-refractivity contribution in [2.75, 3.05) is 6.61 Å². The topological polar surface area (TPSA) is 42.4 Å². The summed E-state index contributed by atoms with van der Waals surface area (Å²) in [5, 5.41) is 10.6. The van der Waals surface area contributed by atoms with Crippen LogP contribution >= 0.6 is 15.9 Å². The van der Waals surface area contributed by atoms with Gasteiger partial charge in [0.1, 0.15) is 0 Å². The van der Waals surface area contributed by atoms with Gasteiger partial charge in [0.15, 0.2) is 0 Å². The van der Waals surface area contributed by atoms with Gasteiger partial charge in [-0.15, -0.1) is 0 Å². The van der Waals surface area contributed by atoms with Crippen molar-refractivity contribution in [3.05, 3.63) is 28.5 Å². The summed E-state index contributed by atoms with van der Waals surface area (Å²) in [6.07, 6.45) is 3.68. The normalized spacial score (nSPS) is 28.0. The summed E-state index contributed by atoms with van der Waals surface area (Å²) in [7, 11) is 0. The van der Waals surface area contributed by atoms with E-state index in [-0.39, 0.29) is 5.60 Å². The lowest BCUT2D eigenvalue weighted by atomic mass is 9.81. The van der Waals surface area contributed by atoms with Gasteiger partial charge in [0.05, 0.1) is 17.8 Å². The van der Waals surface area contributed by atoms with E-state index in [1.54, 1.807) is 6.20 Å². The van der Waals surface area contributed by atoms with Crippen LogP contribution in [0.15, 0.2) is 22.8 Å². The third-order valence-corrected chi connectivity index (χ3v) is 3.58. The molecule has 1 aliphatic heterocycles. The number of hydrogen-bond donors (Lipinski definition) is 1. The van der Waals surface area contributed by atoms with E-state index in [4.69, 9.17) is 4.74 Å². The van der Waals surface area contributed by atoms with Crippen LogP contribution in [0.1, 0.15) is 32.4 Å². The van der Waals surface area contributed by atoms with Crippen LogP contribution < -0.4 is 0 Å². The molecule has 2 rings (SSSR count). The molecule has 0 saturated carbocycles. The van der Waals surface area contributed by atoms with Gasteiger partial charge in [0.2, 0.25) is 0 Å². The van der Waals surface area contributed by atoms with Crippen molar-refractivity contribution in [1.29, 1.82) is 0 Å². The highest BCUT2D eigenvalue weighted by atomic mass is 79.9. The van der Waals surface area contributed by atoms with E-state index < -0.39 is 5.60 Å². The molecule has 1 aromatic rings. The van der Waals surface area contributed by atoms with Gasteiger partial charge in [-0.2, -0.15) is 0 Å². The van der Waals surface area contributed by atoms with Crippen molar-refractivity contribution in [3.63, 3.8) is 0 Å². The molecular formula is C13H18BrNO2. The van der Waals surface area contributed by atoms with Crippen molar-refractivity contribution in [3.8, 4) is 0 Å². The number of ether oxygens (including phenoxy) is 1. The third-order valence-electron chi connectivity index (χ3n) is 3.11. The van der Waals surface area contributed by atoms with Crippen molar-refractivity contribution in [1.82, 2.24) is 4.98 Å². The smallest absolute Gasteiger partial charge is 0.0752 e. The summed E-state index contributed by atoms with van der Waals surface area (Å²) in [5.41, 5.74) is -0.0151. The summed E-state index contributed by atoms with van der Waals surface area (Å²) in [6, 6.07) is 3.90. The first kappa shape index (κ1) is 13.0. The van der Waals surface area contributed by atoms with Gasteiger partial charge in [0, 0.05) is 29.2 Å². The van der Waals surface area contributed by atoms with E-state index in [1.165, 1.54) is 0 Å². The Bertz CT molecular complexity index is 391. The number of aromatic nitrogens is 1. The molecule has 17 heavy (non-hydrogen) atoms. The van der Waals surface area contributed by atoms with E-state index in [9.17, 15) is 5.11 Å². The molecule has 0 amide bonds. The summed E-state index contributed by atoms with van der Waals surface area (Å²) < 4.78 is 6.59. The first-order valence-corrected chi connectivity index (χ1v) is 6.65. The van der Waals surface area contributed by atoms with Crippen LogP contribution in [0.25, 0.3) is 0 Å². The Balaban J connectivity index is 2.09. The van der Waals surface area contributed by atoms with Crippen LogP contribution in [-0.4, -0.2) is 27.9 Å². The molecule has 4 heteroatoms. The van der Waals surface area contributed by atoms with Gasteiger partial charge in [-0.25, -0.2) is 0 Å². The predicted molar refractivity (Wildman–Crippen MR) is 69.9 cm³/mol. The molecule has 1 aliphatic rings. The van der Waals surface area contributed by atoms with Crippen LogP contribution in [0.5, 0.6) is 0 Å². The van der Waals surface area contributed by atoms with Crippen molar-refractivity contribution in [2.45, 2.75) is 44.3 Å². The number of nitrogens with zero attached hydrogens (tertiary/aromatic N) is 1. The highest BCUT2D eigenvalue weighted by Crippen LogP contribution is 2.34. The lowest BCUT2D eigenvalue weighted by molar-refractivity contribution is -0.143. The Morgan fingerprint density at radius 3 is 2.82 bits per heavy atom. The highest BCUT2D eigenvalue weighted by Gasteiger charge is 2.39. The Kier molecular flexibility index (Phi) is 3.57. The average molecular weight is 300 g/mol. The monoisotopic (exact) mass is 299 g/mol. The maximum Gasteiger partial charge on any atom is 0.0752 e. The first-order chi connectivity index (χ1) is 7.89. The molecule has 1 atom stereocenters. The minimum atomic E-state index is -0.692. The largest absolute Gasteiger partial charge is 0.389 e. The molecule has 1 saturated heterocycles. The van der Waals surface area contributed by atoms with Crippen LogP contribution in [0.2, 0.25) is 0 Å². The minimum Gasteiger partial charge on any atom is -0.389 e. The quantitative estimate of drug-likeness (QED) is 0.913. The Hall–Kier alpha value is -0.450. The fourth-order valence-electron chi connectivity index (χ4n) is 2.45. The summed E-state index contributed by atoms with van der Waals surface area (Å²) in [6.45, 7) is 4.65. The number of rotatable bonds is 2. The zero-order chi connectivity index (χ0) is 12.5. The lowest BCUT2D eigenvalue weighted by Crippen LogP contribution is -2.47. The molecule has 0 aromatic carbocycles. The number of halogens is 1. The zero-order valence-corrected chi connectivity index (χ0v) is 11.8. The van der Waals surface area contributed by atoms with E-state index in [0.29, 0.717) is 25.9 Å². The maximum atomic E-state index is 10.6. The van der Waals surface area contributed by atoms with Crippen molar-refractivity contribution >= 4 is 15.9 Å². The van der Waals surface area contributed by atoms with Gasteiger partial charge in [0.25, 0.3) is 0 Å². The molecule has 1 unspecified atom stereocenters. The number of hydrogen-bond acceptors (Lipinski definition) is 3. The van der Waals surface area contributed by atoms with Gasteiger partial charge >= 0.3 is 0 Å². The highest BCUT2D eigenvalue weighted by molar-refractivity contribution is 9.10. The lowest BCUT2D eigenvalue weighted by Gasteiger charge is -2.41. The van der Waals surface area contributed by atoms with E-state index in [2.05, 4.69) is 20.9 Å². The molecule has 0 bridgehead atoms. The summed E-state index contributed by atoms with van der Waals surface area (Å²) >= 11 is 3.36. The van der Waals surface area contributed by atoms with E-state index in [0.717, 1.165) is 10.2 Å². The van der Waals surface area contributed by atoms with E-state index in [1.807, 2.05) is 26.0 Å². The average Bonchev–Trinajstić information content (AvgIpc) is 2.19. The molecule has 0 radical (unpaired) electrons. The van der Waals surface area contributed by atoms with Crippen LogP contribution in [0.3, 0.4) is 0 Å². The Morgan fingerprint density at radius 1 is 1.47 bits per heavy atom. The molecule has 1 N–H and O–H groups in total. The van der Waals surface area contributed by atoms with Crippen molar-refractivity contribution in [2.24, 2.45) is 0 Å². The third kappa shape index (κ3) is 3.50. The second-order valence-electron chi connectivity index (χ2n) is 5.40. The Morgan fingerprint density at radius 2 is 2.24 bits per heavy atom. The fourth-order valence-corrected chi connectivity index (χ4v) is 2.68. The molecule has 0 spiro atoms. The van der Waals surface area contributed by atoms with Gasteiger partial charge < -0.3 is 9.84 Å². The summed E-state index contributed by atoms with van der Waals surface area (Å²) in [5.74, 6) is 0. The number of aliphatic hydroxyl groups is 1. The second kappa shape index (κ2) is 4.67. The molecule has 3 nitrogen and oxygen atoms in total. The molecule has 1 aromatic heterocycles. The van der Waals surface area contributed by atoms with Crippen LogP contribution in [0, 0.1) is 0 Å². The number of pyridine rings is 1. The van der Waals surface area contributed by atoms with Gasteiger partial charge in [-0.1, -0.05) is 0 Å². The zero-order valence-electron chi connectivity index (χ0n) is 10.2. The van der Waals surface area contributed by atoms with Crippen molar-refractivity contribution < 1.29 is 9.84 Å². The minimum absolute atomic E-state index is 0.248. The molecule has 0 aliphatic carbocycles. The standard InChI is InChI=1S/C13H18BrNO2/c1-12(2)9-13(16,5-6-17-12)7-11-4-3-10(14)8-15-11/h3-4,8,16H,5-7,9H2,1-2H3. The summed E-state index contributed by atoms with van der Waals surface area (Å²) in [4.78, 5) is 4.32. The van der Waals surface area contributed by atoms with Gasteiger partial charge in [-0.3, -0.25) is 4.98 Å². The van der Waals surface area contributed by atoms with E-state index >= 15 is 0 Å². The van der Waals surface area contributed by atoms with Gasteiger partial charge in [-0.05, 0) is 48.3 Å². The fraction of sp³-hybridized carbons (Fsp3) is 0.615. The molecule has 2 heterocycles. The predicted octanol–water partition coefficient (Wildman–Crippen LogP) is 2.71. The first-order valence-electron chi connectivity index (χ1n) is 5.85.